The SMILES string of the molecule is C.Cc1ccccc1.O. The maximum absolute atomic E-state index is 2.08. The van der Waals surface area contributed by atoms with Crippen molar-refractivity contribution in [1.29, 1.82) is 0 Å². The summed E-state index contributed by atoms with van der Waals surface area (Å²) in [4.78, 5) is 0. The summed E-state index contributed by atoms with van der Waals surface area (Å²) in [6.07, 6.45) is 0. The molecule has 0 saturated carbocycles. The van der Waals surface area contributed by atoms with Gasteiger partial charge in [0.2, 0.25) is 0 Å². The van der Waals surface area contributed by atoms with Gasteiger partial charge in [0, 0.05) is 0 Å². The van der Waals surface area contributed by atoms with Crippen molar-refractivity contribution in [1.82, 2.24) is 0 Å². The van der Waals surface area contributed by atoms with Crippen LogP contribution in [-0.2, 0) is 0 Å². The lowest BCUT2D eigenvalue weighted by Gasteiger charge is -1.82. The molecule has 1 rings (SSSR count). The van der Waals surface area contributed by atoms with Crippen LogP contribution in [0.25, 0.3) is 0 Å². The lowest BCUT2D eigenvalue weighted by Crippen LogP contribution is -1.62. The molecule has 0 aliphatic heterocycles. The summed E-state index contributed by atoms with van der Waals surface area (Å²) in [6.45, 7) is 2.08. The van der Waals surface area contributed by atoms with Crippen molar-refractivity contribution in [3.05, 3.63) is 35.9 Å². The van der Waals surface area contributed by atoms with Crippen LogP contribution in [0.4, 0.5) is 0 Å². The molecular formula is C8H14O. The fraction of sp³-hybridized carbons (Fsp3) is 0.250. The third kappa shape index (κ3) is 3.74. The van der Waals surface area contributed by atoms with Crippen molar-refractivity contribution in [2.24, 2.45) is 0 Å². The summed E-state index contributed by atoms with van der Waals surface area (Å²) in [5.74, 6) is 0. The van der Waals surface area contributed by atoms with E-state index in [1.54, 1.807) is 0 Å². The second-order valence-corrected chi connectivity index (χ2v) is 1.65. The number of rotatable bonds is 0. The van der Waals surface area contributed by atoms with E-state index < -0.39 is 0 Å². The minimum atomic E-state index is 0. The zero-order valence-corrected chi connectivity index (χ0v) is 4.89. The first-order chi connectivity index (χ1) is 3.39. The molecule has 0 aliphatic carbocycles. The number of benzene rings is 1. The molecule has 0 aromatic heterocycles. The quantitative estimate of drug-likeness (QED) is 0.507. The van der Waals surface area contributed by atoms with E-state index in [2.05, 4.69) is 19.1 Å². The van der Waals surface area contributed by atoms with Gasteiger partial charge in [0.05, 0.1) is 0 Å². The van der Waals surface area contributed by atoms with E-state index in [1.807, 2.05) is 18.2 Å². The Balaban J connectivity index is 0. The maximum Gasteiger partial charge on any atom is -0.0398 e. The van der Waals surface area contributed by atoms with Crippen LogP contribution >= 0.6 is 0 Å². The Morgan fingerprint density at radius 2 is 1.44 bits per heavy atom. The Bertz CT molecular complexity index is 134. The Morgan fingerprint density at radius 3 is 1.67 bits per heavy atom. The molecule has 0 fully saturated rings. The molecule has 0 aliphatic rings. The second-order valence-electron chi connectivity index (χ2n) is 1.65. The standard InChI is InChI=1S/C7H8.CH4.H2O/c1-7-5-3-2-4-6-7;;/h2-6H,1H3;1H4;1H2. The monoisotopic (exact) mass is 126 g/mol. The smallest absolute Gasteiger partial charge is 0.0398 e. The van der Waals surface area contributed by atoms with Crippen LogP contribution in [0.15, 0.2) is 30.3 Å². The van der Waals surface area contributed by atoms with Crippen LogP contribution in [0, 0.1) is 6.92 Å². The van der Waals surface area contributed by atoms with Gasteiger partial charge in [-0.3, -0.25) is 0 Å². The second kappa shape index (κ2) is 5.32. The summed E-state index contributed by atoms with van der Waals surface area (Å²) in [7, 11) is 0. The predicted octanol–water partition coefficient (Wildman–Crippen LogP) is 1.81. The van der Waals surface area contributed by atoms with Gasteiger partial charge in [-0.05, 0) is 6.92 Å². The van der Waals surface area contributed by atoms with Crippen molar-refractivity contribution < 1.29 is 5.48 Å². The van der Waals surface area contributed by atoms with Crippen molar-refractivity contribution in [3.8, 4) is 0 Å². The predicted molar refractivity (Wildman–Crippen MR) is 41.5 cm³/mol. The Hall–Kier alpha value is -0.820. The lowest BCUT2D eigenvalue weighted by atomic mass is 10.2. The van der Waals surface area contributed by atoms with E-state index in [-0.39, 0.29) is 12.9 Å². The zero-order chi connectivity index (χ0) is 5.11. The molecule has 2 N–H and O–H groups in total. The van der Waals surface area contributed by atoms with Crippen LogP contribution in [0.2, 0.25) is 0 Å². The first kappa shape index (κ1) is 11.0. The fourth-order valence-electron chi connectivity index (χ4n) is 0.534. The Labute approximate surface area is 56.6 Å². The molecule has 0 amide bonds. The molecule has 0 saturated heterocycles. The van der Waals surface area contributed by atoms with E-state index in [0.717, 1.165) is 0 Å². The number of aryl methyl sites for hydroxylation is 1. The Kier molecular flexibility index (Phi) is 6.53. The molecule has 0 unspecified atom stereocenters. The first-order valence-corrected chi connectivity index (χ1v) is 2.41. The molecule has 1 nitrogen and oxygen atoms in total. The van der Waals surface area contributed by atoms with Gasteiger partial charge in [-0.2, -0.15) is 0 Å². The molecule has 0 atom stereocenters. The highest BCUT2D eigenvalue weighted by atomic mass is 16.0. The molecule has 1 heteroatoms. The topological polar surface area (TPSA) is 31.5 Å². The summed E-state index contributed by atoms with van der Waals surface area (Å²) >= 11 is 0. The van der Waals surface area contributed by atoms with E-state index in [4.69, 9.17) is 0 Å². The van der Waals surface area contributed by atoms with Gasteiger partial charge in [-0.25, -0.2) is 0 Å². The van der Waals surface area contributed by atoms with Crippen molar-refractivity contribution in [2.75, 3.05) is 0 Å². The highest BCUT2D eigenvalue weighted by molar-refractivity contribution is 5.11. The summed E-state index contributed by atoms with van der Waals surface area (Å²) in [5.41, 5.74) is 1.32. The fourth-order valence-corrected chi connectivity index (χ4v) is 0.534. The van der Waals surface area contributed by atoms with Gasteiger partial charge in [0.15, 0.2) is 0 Å². The molecule has 0 spiro atoms. The van der Waals surface area contributed by atoms with Crippen LogP contribution in [0.1, 0.15) is 13.0 Å². The highest BCUT2D eigenvalue weighted by Crippen LogP contribution is 1.92. The van der Waals surface area contributed by atoms with Crippen molar-refractivity contribution in [2.45, 2.75) is 14.4 Å². The summed E-state index contributed by atoms with van der Waals surface area (Å²) in [5, 5.41) is 0. The molecule has 9 heavy (non-hydrogen) atoms. The first-order valence-electron chi connectivity index (χ1n) is 2.41. The largest absolute Gasteiger partial charge is 0.412 e. The Morgan fingerprint density at radius 1 is 1.00 bits per heavy atom. The number of hydrogen-bond donors (Lipinski definition) is 0. The van der Waals surface area contributed by atoms with Gasteiger partial charge in [-0.1, -0.05) is 43.3 Å². The average molecular weight is 126 g/mol. The lowest BCUT2D eigenvalue weighted by molar-refractivity contribution is 0.824. The van der Waals surface area contributed by atoms with Crippen LogP contribution in [0.5, 0.6) is 0 Å². The average Bonchev–Trinajstić information content (AvgIpc) is 1.69. The normalized spacial score (nSPS) is 6.78. The van der Waals surface area contributed by atoms with Crippen molar-refractivity contribution in [3.63, 3.8) is 0 Å². The van der Waals surface area contributed by atoms with Crippen LogP contribution in [-0.4, -0.2) is 5.48 Å². The van der Waals surface area contributed by atoms with Gasteiger partial charge in [0.1, 0.15) is 0 Å². The minimum absolute atomic E-state index is 0. The van der Waals surface area contributed by atoms with E-state index in [9.17, 15) is 0 Å². The van der Waals surface area contributed by atoms with E-state index in [1.165, 1.54) is 5.56 Å². The third-order valence-electron chi connectivity index (χ3n) is 0.940. The van der Waals surface area contributed by atoms with Crippen LogP contribution < -0.4 is 0 Å². The molecule has 1 aromatic carbocycles. The molecule has 1 aromatic rings. The summed E-state index contributed by atoms with van der Waals surface area (Å²) in [6, 6.07) is 10.3. The van der Waals surface area contributed by atoms with E-state index in [0.29, 0.717) is 0 Å². The van der Waals surface area contributed by atoms with Gasteiger partial charge in [-0.15, -0.1) is 0 Å². The summed E-state index contributed by atoms with van der Waals surface area (Å²) < 4.78 is 0. The van der Waals surface area contributed by atoms with Gasteiger partial charge >= 0.3 is 0 Å². The van der Waals surface area contributed by atoms with E-state index >= 15 is 0 Å². The molecule has 0 heterocycles. The molecule has 0 radical (unpaired) electrons. The minimum Gasteiger partial charge on any atom is -0.412 e. The third-order valence-corrected chi connectivity index (χ3v) is 0.940. The molecule has 52 valence electrons. The van der Waals surface area contributed by atoms with Crippen molar-refractivity contribution >= 4 is 0 Å². The molecule has 0 bridgehead atoms. The van der Waals surface area contributed by atoms with Crippen LogP contribution in [0.3, 0.4) is 0 Å². The highest BCUT2D eigenvalue weighted by Gasteiger charge is 1.72. The molecular weight excluding hydrogens is 112 g/mol. The maximum atomic E-state index is 2.08. The zero-order valence-electron chi connectivity index (χ0n) is 4.89. The van der Waals surface area contributed by atoms with Gasteiger partial charge < -0.3 is 5.48 Å². The van der Waals surface area contributed by atoms with Gasteiger partial charge in [0.25, 0.3) is 0 Å². The number of hydrogen-bond acceptors (Lipinski definition) is 0.